The predicted octanol–water partition coefficient (Wildman–Crippen LogP) is 0.714. The number of hydrogen-bond donors (Lipinski definition) is 0. The minimum absolute atomic E-state index is 0.0756. The van der Waals surface area contributed by atoms with Crippen LogP contribution in [0.1, 0.15) is 17.0 Å². The van der Waals surface area contributed by atoms with E-state index in [0.717, 1.165) is 5.56 Å². The van der Waals surface area contributed by atoms with Gasteiger partial charge >= 0.3 is 0 Å². The molecule has 0 aliphatic rings. The van der Waals surface area contributed by atoms with Crippen molar-refractivity contribution in [2.24, 2.45) is 0 Å². The van der Waals surface area contributed by atoms with Crippen LogP contribution in [0.4, 0.5) is 0 Å². The molecule has 16 heavy (non-hydrogen) atoms. The third-order valence-corrected chi connectivity index (χ3v) is 1.96. The number of nitrogens with zero attached hydrogens (tertiary/aromatic N) is 6. The van der Waals surface area contributed by atoms with Gasteiger partial charge in [0.05, 0.1) is 0 Å². The lowest BCUT2D eigenvalue weighted by Gasteiger charge is -2.00. The van der Waals surface area contributed by atoms with E-state index >= 15 is 0 Å². The molecule has 6 heteroatoms. The summed E-state index contributed by atoms with van der Waals surface area (Å²) < 4.78 is 1.39. The molecule has 2 rings (SSSR count). The van der Waals surface area contributed by atoms with Gasteiger partial charge in [-0.1, -0.05) is 0 Å². The fourth-order valence-electron chi connectivity index (χ4n) is 1.20. The van der Waals surface area contributed by atoms with E-state index in [2.05, 4.69) is 15.0 Å². The van der Waals surface area contributed by atoms with Crippen molar-refractivity contribution in [2.45, 2.75) is 6.92 Å². The van der Waals surface area contributed by atoms with Crippen LogP contribution in [-0.4, -0.2) is 19.5 Å². The molecule has 0 atom stereocenters. The highest BCUT2D eigenvalue weighted by Crippen LogP contribution is 2.09. The highest BCUT2D eigenvalue weighted by atomic mass is 15.2. The van der Waals surface area contributed by atoms with Crippen LogP contribution in [0.3, 0.4) is 0 Å². The van der Waals surface area contributed by atoms with Gasteiger partial charge < -0.3 is 0 Å². The zero-order valence-electron chi connectivity index (χ0n) is 8.42. The van der Waals surface area contributed by atoms with Crippen molar-refractivity contribution in [1.82, 2.24) is 19.5 Å². The monoisotopic (exact) mass is 210 g/mol. The Labute approximate surface area is 91.4 Å². The molecular formula is C10H6N6. The van der Waals surface area contributed by atoms with Gasteiger partial charge in [-0.3, -0.25) is 4.57 Å². The molecule has 0 aliphatic heterocycles. The summed E-state index contributed by atoms with van der Waals surface area (Å²) in [6.07, 6.45) is 4.63. The molecule has 0 saturated heterocycles. The minimum atomic E-state index is 0.0756. The van der Waals surface area contributed by atoms with Gasteiger partial charge in [-0.15, -0.1) is 0 Å². The van der Waals surface area contributed by atoms with Gasteiger partial charge in [-0.2, -0.15) is 10.5 Å². The lowest BCUT2D eigenvalue weighted by Crippen LogP contribution is -2.02. The molecule has 6 nitrogen and oxygen atoms in total. The van der Waals surface area contributed by atoms with Crippen LogP contribution in [0.2, 0.25) is 0 Å². The molecule has 0 spiro atoms. The molecule has 0 fully saturated rings. The first-order valence-electron chi connectivity index (χ1n) is 4.43. The normalized spacial score (nSPS) is 9.44. The summed E-state index contributed by atoms with van der Waals surface area (Å²) in [4.78, 5) is 11.9. The van der Waals surface area contributed by atoms with Crippen LogP contribution in [-0.2, 0) is 0 Å². The third kappa shape index (κ3) is 1.49. The van der Waals surface area contributed by atoms with E-state index in [4.69, 9.17) is 10.5 Å². The maximum Gasteiger partial charge on any atom is 0.235 e. The average molecular weight is 210 g/mol. The fraction of sp³-hybridized carbons (Fsp3) is 0.100. The molecule has 2 aromatic heterocycles. The highest BCUT2D eigenvalue weighted by molar-refractivity contribution is 5.39. The maximum absolute atomic E-state index is 8.92. The molecule has 76 valence electrons. The van der Waals surface area contributed by atoms with Gasteiger partial charge in [0.1, 0.15) is 18.5 Å². The minimum Gasteiger partial charge on any atom is -0.257 e. The van der Waals surface area contributed by atoms with Crippen LogP contribution in [0.15, 0.2) is 18.7 Å². The SMILES string of the molecule is Cc1cnc(-n2cnc(C#N)c2C#N)nc1. The maximum atomic E-state index is 8.92. The van der Waals surface area contributed by atoms with Gasteiger partial charge in [-0.05, 0) is 12.5 Å². The third-order valence-electron chi connectivity index (χ3n) is 1.96. The number of nitriles is 2. The summed E-state index contributed by atoms with van der Waals surface area (Å²) >= 11 is 0. The van der Waals surface area contributed by atoms with Crippen molar-refractivity contribution in [3.8, 4) is 18.1 Å². The number of hydrogen-bond acceptors (Lipinski definition) is 5. The lowest BCUT2D eigenvalue weighted by atomic mass is 10.3. The molecule has 0 radical (unpaired) electrons. The van der Waals surface area contributed by atoms with E-state index in [0.29, 0.717) is 5.95 Å². The first kappa shape index (κ1) is 9.81. The zero-order chi connectivity index (χ0) is 11.5. The number of aromatic nitrogens is 4. The average Bonchev–Trinajstić information content (AvgIpc) is 2.72. The molecule has 0 aromatic carbocycles. The van der Waals surface area contributed by atoms with Crippen molar-refractivity contribution < 1.29 is 0 Å². The van der Waals surface area contributed by atoms with Crippen LogP contribution in [0.25, 0.3) is 5.95 Å². The molecule has 0 aliphatic carbocycles. The van der Waals surface area contributed by atoms with Crippen molar-refractivity contribution in [3.05, 3.63) is 35.7 Å². The van der Waals surface area contributed by atoms with E-state index in [1.165, 1.54) is 10.9 Å². The summed E-state index contributed by atoms with van der Waals surface area (Å²) in [6, 6.07) is 3.74. The summed E-state index contributed by atoms with van der Waals surface area (Å²) in [5, 5.41) is 17.7. The summed E-state index contributed by atoms with van der Waals surface area (Å²) in [6.45, 7) is 1.86. The van der Waals surface area contributed by atoms with Crippen molar-refractivity contribution in [3.63, 3.8) is 0 Å². The topological polar surface area (TPSA) is 91.2 Å². The van der Waals surface area contributed by atoms with E-state index in [1.54, 1.807) is 12.4 Å². The second-order valence-corrected chi connectivity index (χ2v) is 3.10. The molecule has 2 heterocycles. The molecular weight excluding hydrogens is 204 g/mol. The van der Waals surface area contributed by atoms with Crippen molar-refractivity contribution in [2.75, 3.05) is 0 Å². The first-order chi connectivity index (χ1) is 7.76. The summed E-state index contributed by atoms with van der Waals surface area (Å²) in [5.41, 5.74) is 1.14. The molecule has 0 unspecified atom stereocenters. The second-order valence-electron chi connectivity index (χ2n) is 3.10. The van der Waals surface area contributed by atoms with E-state index in [9.17, 15) is 0 Å². The molecule has 0 saturated carbocycles. The number of imidazole rings is 1. The van der Waals surface area contributed by atoms with Crippen molar-refractivity contribution in [1.29, 1.82) is 10.5 Å². The zero-order valence-corrected chi connectivity index (χ0v) is 8.42. The Morgan fingerprint density at radius 3 is 2.38 bits per heavy atom. The number of aryl methyl sites for hydroxylation is 1. The molecule has 2 aromatic rings. The quantitative estimate of drug-likeness (QED) is 0.691. The van der Waals surface area contributed by atoms with Gasteiger partial charge in [0.15, 0.2) is 11.4 Å². The Morgan fingerprint density at radius 2 is 1.81 bits per heavy atom. The van der Waals surface area contributed by atoms with E-state index in [-0.39, 0.29) is 11.4 Å². The Balaban J connectivity index is 2.58. The largest absolute Gasteiger partial charge is 0.257 e. The highest BCUT2D eigenvalue weighted by Gasteiger charge is 2.12. The van der Waals surface area contributed by atoms with Crippen LogP contribution in [0.5, 0.6) is 0 Å². The Morgan fingerprint density at radius 1 is 1.12 bits per heavy atom. The molecule has 0 amide bonds. The second kappa shape index (κ2) is 3.79. The van der Waals surface area contributed by atoms with Crippen LogP contribution >= 0.6 is 0 Å². The molecule has 0 bridgehead atoms. The molecule has 0 N–H and O–H groups in total. The Bertz CT molecular complexity index is 596. The van der Waals surface area contributed by atoms with E-state index in [1.807, 2.05) is 19.1 Å². The van der Waals surface area contributed by atoms with Gasteiger partial charge in [0.25, 0.3) is 0 Å². The number of rotatable bonds is 1. The summed E-state index contributed by atoms with van der Waals surface area (Å²) in [5.74, 6) is 0.330. The van der Waals surface area contributed by atoms with Crippen LogP contribution < -0.4 is 0 Å². The fourth-order valence-corrected chi connectivity index (χ4v) is 1.20. The summed E-state index contributed by atoms with van der Waals surface area (Å²) in [7, 11) is 0. The Hall–Kier alpha value is -2.73. The first-order valence-corrected chi connectivity index (χ1v) is 4.43. The Kier molecular flexibility index (Phi) is 2.33. The standard InChI is InChI=1S/C10H6N6/c1-7-4-13-10(14-5-7)16-6-15-8(2-11)9(16)3-12/h4-6H,1H3. The van der Waals surface area contributed by atoms with E-state index < -0.39 is 0 Å². The lowest BCUT2D eigenvalue weighted by molar-refractivity contribution is 0.906. The van der Waals surface area contributed by atoms with Gasteiger partial charge in [-0.25, -0.2) is 15.0 Å². The van der Waals surface area contributed by atoms with Gasteiger partial charge in [0.2, 0.25) is 5.95 Å². The smallest absolute Gasteiger partial charge is 0.235 e. The van der Waals surface area contributed by atoms with Gasteiger partial charge in [0, 0.05) is 12.4 Å². The van der Waals surface area contributed by atoms with Crippen molar-refractivity contribution >= 4 is 0 Å². The predicted molar refractivity (Wildman–Crippen MR) is 53.3 cm³/mol. The van der Waals surface area contributed by atoms with Crippen LogP contribution in [0, 0.1) is 29.6 Å².